The number of aliphatic hydroxyl groups is 2. The smallest absolute Gasteiger partial charge is 0.336 e. The summed E-state index contributed by atoms with van der Waals surface area (Å²) in [5.74, 6) is -10.0. The van der Waals surface area contributed by atoms with Gasteiger partial charge in [-0.3, -0.25) is 19.2 Å². The van der Waals surface area contributed by atoms with Crippen LogP contribution < -0.4 is 0 Å². The van der Waals surface area contributed by atoms with E-state index >= 15 is 0 Å². The molecule has 0 aliphatic heterocycles. The Kier molecular flexibility index (Phi) is 16.2. The van der Waals surface area contributed by atoms with Crippen LogP contribution in [-0.4, -0.2) is 101 Å². The predicted octanol–water partition coefficient (Wildman–Crippen LogP) is -1.45. The molecular formula is C16H26O15. The Hall–Kier alpha value is -3.30. The Morgan fingerprint density at radius 3 is 0.806 bits per heavy atom. The summed E-state index contributed by atoms with van der Waals surface area (Å²) in [5, 5.41) is 67.6. The second kappa shape index (κ2) is 15.5. The lowest BCUT2D eigenvalue weighted by Gasteiger charge is -2.18. The summed E-state index contributed by atoms with van der Waals surface area (Å²) in [6, 6.07) is 0. The molecule has 0 saturated carbocycles. The van der Waals surface area contributed by atoms with Crippen molar-refractivity contribution in [1.29, 1.82) is 0 Å². The second-order valence-corrected chi connectivity index (χ2v) is 5.74. The van der Waals surface area contributed by atoms with Crippen LogP contribution in [0.5, 0.6) is 0 Å². The predicted molar refractivity (Wildman–Crippen MR) is 96.3 cm³/mol. The molecular weight excluding hydrogens is 432 g/mol. The van der Waals surface area contributed by atoms with E-state index < -0.39 is 72.7 Å². The third-order valence-corrected chi connectivity index (χ3v) is 2.98. The van der Waals surface area contributed by atoms with Crippen LogP contribution in [0.15, 0.2) is 0 Å². The summed E-state index contributed by atoms with van der Waals surface area (Å²) in [5.41, 5.74) is -5.48. The van der Waals surface area contributed by atoms with Crippen LogP contribution in [0, 0.1) is 0 Å². The van der Waals surface area contributed by atoms with Crippen LogP contribution in [0.2, 0.25) is 0 Å². The lowest BCUT2D eigenvalue weighted by molar-refractivity contribution is -0.170. The Labute approximate surface area is 175 Å². The molecule has 15 heteroatoms. The van der Waals surface area contributed by atoms with Gasteiger partial charge >= 0.3 is 35.8 Å². The van der Waals surface area contributed by atoms with Crippen molar-refractivity contribution in [1.82, 2.24) is 0 Å². The van der Waals surface area contributed by atoms with Gasteiger partial charge in [-0.1, -0.05) is 0 Å². The third-order valence-electron chi connectivity index (χ3n) is 2.98. The van der Waals surface area contributed by atoms with Crippen LogP contribution >= 0.6 is 0 Å². The SMILES string of the molecule is CCOCC.O=C(O)CC(O)(CC(=O)O)C(=O)O.O=C(O)CC(O)(CC(=O)O)C(=O)O. The zero-order valence-electron chi connectivity index (χ0n) is 16.7. The highest BCUT2D eigenvalue weighted by molar-refractivity contribution is 5.88. The summed E-state index contributed by atoms with van der Waals surface area (Å²) in [6.45, 7) is 5.67. The average molecular weight is 458 g/mol. The first-order chi connectivity index (χ1) is 14.0. The van der Waals surface area contributed by atoms with Crippen molar-refractivity contribution in [3.63, 3.8) is 0 Å². The topological polar surface area (TPSA) is 273 Å². The van der Waals surface area contributed by atoms with Crippen LogP contribution in [0.4, 0.5) is 0 Å². The van der Waals surface area contributed by atoms with Crippen molar-refractivity contribution in [2.75, 3.05) is 13.2 Å². The number of carbonyl (C=O) groups is 6. The maximum Gasteiger partial charge on any atom is 0.336 e. The minimum atomic E-state index is -2.74. The molecule has 0 aliphatic carbocycles. The molecule has 0 heterocycles. The van der Waals surface area contributed by atoms with Crippen LogP contribution in [0.25, 0.3) is 0 Å². The largest absolute Gasteiger partial charge is 0.481 e. The van der Waals surface area contributed by atoms with E-state index in [0.717, 1.165) is 13.2 Å². The maximum atomic E-state index is 10.3. The normalized spacial score (nSPS) is 10.5. The lowest BCUT2D eigenvalue weighted by Crippen LogP contribution is -2.42. The number of rotatable bonds is 12. The van der Waals surface area contributed by atoms with Crippen molar-refractivity contribution < 1.29 is 74.4 Å². The van der Waals surface area contributed by atoms with Crippen molar-refractivity contribution in [3.05, 3.63) is 0 Å². The van der Waals surface area contributed by atoms with Gasteiger partial charge in [0.1, 0.15) is 0 Å². The van der Waals surface area contributed by atoms with Crippen LogP contribution in [0.3, 0.4) is 0 Å². The summed E-state index contributed by atoms with van der Waals surface area (Å²) >= 11 is 0. The number of ether oxygens (including phenoxy) is 1. The molecule has 0 rings (SSSR count). The Balaban J connectivity index is -0.000000416. The number of carboxylic acids is 6. The van der Waals surface area contributed by atoms with E-state index in [1.807, 2.05) is 13.8 Å². The van der Waals surface area contributed by atoms with E-state index in [-0.39, 0.29) is 0 Å². The first kappa shape index (κ1) is 32.4. The van der Waals surface area contributed by atoms with E-state index in [9.17, 15) is 28.8 Å². The molecule has 0 bridgehead atoms. The monoisotopic (exact) mass is 458 g/mol. The molecule has 0 radical (unpaired) electrons. The molecule has 0 spiro atoms. The zero-order chi connectivity index (χ0) is 25.4. The third kappa shape index (κ3) is 17.3. The molecule has 15 nitrogen and oxygen atoms in total. The molecule has 0 atom stereocenters. The van der Waals surface area contributed by atoms with E-state index in [1.54, 1.807) is 0 Å². The molecule has 8 N–H and O–H groups in total. The summed E-state index contributed by atoms with van der Waals surface area (Å²) in [4.78, 5) is 61.0. The van der Waals surface area contributed by atoms with Crippen molar-refractivity contribution in [3.8, 4) is 0 Å². The van der Waals surface area contributed by atoms with E-state index in [0.29, 0.717) is 0 Å². The lowest BCUT2D eigenvalue weighted by atomic mass is 9.96. The molecule has 31 heavy (non-hydrogen) atoms. The van der Waals surface area contributed by atoms with Gasteiger partial charge in [0.2, 0.25) is 0 Å². The zero-order valence-corrected chi connectivity index (χ0v) is 16.7. The van der Waals surface area contributed by atoms with Gasteiger partial charge in [0.15, 0.2) is 11.2 Å². The summed E-state index contributed by atoms with van der Waals surface area (Å²) in [6.07, 6.45) is -4.58. The van der Waals surface area contributed by atoms with Gasteiger partial charge in [0.05, 0.1) is 25.7 Å². The molecule has 0 amide bonds. The van der Waals surface area contributed by atoms with Crippen molar-refractivity contribution in [2.45, 2.75) is 50.7 Å². The first-order valence-electron chi connectivity index (χ1n) is 8.33. The first-order valence-corrected chi connectivity index (χ1v) is 8.33. The Morgan fingerprint density at radius 1 is 0.548 bits per heavy atom. The quantitative estimate of drug-likeness (QED) is 0.166. The molecule has 0 fully saturated rings. The van der Waals surface area contributed by atoms with Crippen molar-refractivity contribution >= 4 is 35.8 Å². The second-order valence-electron chi connectivity index (χ2n) is 5.74. The minimum absolute atomic E-state index is 0.844. The van der Waals surface area contributed by atoms with E-state index in [2.05, 4.69) is 0 Å². The Bertz CT molecular complexity index is 553. The van der Waals surface area contributed by atoms with Gasteiger partial charge < -0.3 is 45.6 Å². The fourth-order valence-electron chi connectivity index (χ4n) is 1.63. The number of carboxylic acid groups (broad SMARTS) is 6. The standard InChI is InChI=1S/2C6H8O7.C4H10O/c2*7-3(8)1-6(13,5(11)12)2-4(9)10;1-3-5-4-2/h2*13H,1-2H2,(H,7,8)(H,9,10)(H,11,12);3-4H2,1-2H3. The van der Waals surface area contributed by atoms with Crippen LogP contribution in [0.1, 0.15) is 39.5 Å². The molecule has 0 saturated heterocycles. The van der Waals surface area contributed by atoms with Gasteiger partial charge in [-0.25, -0.2) is 9.59 Å². The number of hydrogen-bond acceptors (Lipinski definition) is 9. The van der Waals surface area contributed by atoms with Gasteiger partial charge in [0, 0.05) is 13.2 Å². The molecule has 0 aromatic rings. The highest BCUT2D eigenvalue weighted by Crippen LogP contribution is 2.16. The fourth-order valence-corrected chi connectivity index (χ4v) is 1.63. The molecule has 0 aromatic heterocycles. The highest BCUT2D eigenvalue weighted by atomic mass is 16.5. The van der Waals surface area contributed by atoms with E-state index in [4.69, 9.17) is 45.6 Å². The van der Waals surface area contributed by atoms with E-state index in [1.165, 1.54) is 0 Å². The molecule has 0 unspecified atom stereocenters. The summed E-state index contributed by atoms with van der Waals surface area (Å²) in [7, 11) is 0. The van der Waals surface area contributed by atoms with Gasteiger partial charge in [-0.05, 0) is 13.8 Å². The number of aliphatic carboxylic acids is 6. The van der Waals surface area contributed by atoms with Gasteiger partial charge in [-0.2, -0.15) is 0 Å². The highest BCUT2D eigenvalue weighted by Gasteiger charge is 2.41. The Morgan fingerprint density at radius 2 is 0.742 bits per heavy atom. The maximum absolute atomic E-state index is 10.3. The average Bonchev–Trinajstić information content (AvgIpc) is 2.53. The van der Waals surface area contributed by atoms with Crippen molar-refractivity contribution in [2.24, 2.45) is 0 Å². The van der Waals surface area contributed by atoms with Gasteiger partial charge in [-0.15, -0.1) is 0 Å². The fraction of sp³-hybridized carbons (Fsp3) is 0.625. The molecule has 0 aliphatic rings. The molecule has 180 valence electrons. The van der Waals surface area contributed by atoms with Gasteiger partial charge in [0.25, 0.3) is 0 Å². The summed E-state index contributed by atoms with van der Waals surface area (Å²) < 4.78 is 4.83. The minimum Gasteiger partial charge on any atom is -0.481 e. The molecule has 0 aromatic carbocycles. The number of hydrogen-bond donors (Lipinski definition) is 8. The van der Waals surface area contributed by atoms with Crippen LogP contribution in [-0.2, 0) is 33.5 Å².